The average molecular weight is 470 g/mol. The van der Waals surface area contributed by atoms with E-state index in [1.807, 2.05) is 18.2 Å². The van der Waals surface area contributed by atoms with E-state index < -0.39 is 0 Å². The number of amides is 1. The normalized spacial score (nSPS) is 18.1. The lowest BCUT2D eigenvalue weighted by atomic mass is 10.0. The van der Waals surface area contributed by atoms with E-state index >= 15 is 0 Å². The molecule has 4 nitrogen and oxygen atoms in total. The molecule has 3 aromatic carbocycles. The van der Waals surface area contributed by atoms with Crippen molar-refractivity contribution in [2.45, 2.75) is 32.7 Å². The first kappa shape index (κ1) is 21.4. The summed E-state index contributed by atoms with van der Waals surface area (Å²) in [5.41, 5.74) is 6.74. The summed E-state index contributed by atoms with van der Waals surface area (Å²) in [6.45, 7) is 4.72. The van der Waals surface area contributed by atoms with E-state index in [1.165, 1.54) is 5.56 Å². The van der Waals surface area contributed by atoms with Crippen molar-refractivity contribution in [3.05, 3.63) is 77.3 Å². The summed E-state index contributed by atoms with van der Waals surface area (Å²) in [6, 6.07) is 23.0. The molecule has 6 rings (SSSR count). The molecule has 0 bridgehead atoms. The Morgan fingerprint density at radius 2 is 1.76 bits per heavy atom. The van der Waals surface area contributed by atoms with Gasteiger partial charge in [0.05, 0.1) is 11.0 Å². The fourth-order valence-corrected chi connectivity index (χ4v) is 5.34. The molecule has 0 spiro atoms. The first-order valence-corrected chi connectivity index (χ1v) is 12.5. The largest absolute Gasteiger partial charge is 0.342 e. The first-order chi connectivity index (χ1) is 16.5. The summed E-state index contributed by atoms with van der Waals surface area (Å²) in [5.74, 6) is 2.10. The van der Waals surface area contributed by atoms with Crippen LogP contribution < -0.4 is 0 Å². The number of hydrogen-bond donors (Lipinski definition) is 0. The molecular weight excluding hydrogens is 442 g/mol. The van der Waals surface area contributed by atoms with E-state index in [2.05, 4.69) is 64.9 Å². The zero-order chi connectivity index (χ0) is 23.2. The molecule has 0 N–H and O–H groups in total. The lowest BCUT2D eigenvalue weighted by Crippen LogP contribution is -2.30. The zero-order valence-electron chi connectivity index (χ0n) is 19.4. The van der Waals surface area contributed by atoms with E-state index in [-0.39, 0.29) is 0 Å². The summed E-state index contributed by atoms with van der Waals surface area (Å²) < 4.78 is 2.36. The van der Waals surface area contributed by atoms with E-state index in [4.69, 9.17) is 16.6 Å². The van der Waals surface area contributed by atoms with Gasteiger partial charge in [0.15, 0.2) is 0 Å². The Kier molecular flexibility index (Phi) is 5.41. The zero-order valence-corrected chi connectivity index (χ0v) is 20.1. The fourth-order valence-electron chi connectivity index (χ4n) is 5.15. The van der Waals surface area contributed by atoms with Gasteiger partial charge in [0.1, 0.15) is 5.82 Å². The van der Waals surface area contributed by atoms with Crippen LogP contribution in [0.15, 0.2) is 66.7 Å². The van der Waals surface area contributed by atoms with Crippen LogP contribution >= 0.6 is 11.6 Å². The van der Waals surface area contributed by atoms with Crippen molar-refractivity contribution >= 4 is 28.5 Å². The Hall–Kier alpha value is -3.11. The van der Waals surface area contributed by atoms with Crippen LogP contribution in [-0.4, -0.2) is 33.4 Å². The molecule has 1 atom stereocenters. The Morgan fingerprint density at radius 1 is 0.971 bits per heavy atom. The van der Waals surface area contributed by atoms with Gasteiger partial charge >= 0.3 is 0 Å². The minimum absolute atomic E-state index is 0.296. The second kappa shape index (κ2) is 8.59. The molecule has 4 aromatic rings. The van der Waals surface area contributed by atoms with Gasteiger partial charge < -0.3 is 9.47 Å². The van der Waals surface area contributed by atoms with Crippen LogP contribution in [0.3, 0.4) is 0 Å². The van der Waals surface area contributed by atoms with Crippen molar-refractivity contribution in [2.24, 2.45) is 11.8 Å². The topological polar surface area (TPSA) is 38.1 Å². The Balaban J connectivity index is 1.32. The number of rotatable bonds is 5. The van der Waals surface area contributed by atoms with Crippen LogP contribution in [0.4, 0.5) is 0 Å². The third-order valence-electron chi connectivity index (χ3n) is 7.17. The summed E-state index contributed by atoms with van der Waals surface area (Å²) in [7, 11) is 0. The average Bonchev–Trinajstić information content (AvgIpc) is 3.49. The number of likely N-dealkylation sites (tertiary alicyclic amines) is 1. The monoisotopic (exact) mass is 469 g/mol. The quantitative estimate of drug-likeness (QED) is 0.330. The molecule has 2 aliphatic rings. The molecule has 0 radical (unpaired) electrons. The van der Waals surface area contributed by atoms with Gasteiger partial charge in [-0.2, -0.15) is 0 Å². The second-order valence-corrected chi connectivity index (χ2v) is 10.3. The van der Waals surface area contributed by atoms with Gasteiger partial charge in [0.25, 0.3) is 0 Å². The van der Waals surface area contributed by atoms with Gasteiger partial charge in [-0.15, -0.1) is 0 Å². The number of carbonyl (C=O) groups is 1. The van der Waals surface area contributed by atoms with E-state index in [9.17, 15) is 4.79 Å². The van der Waals surface area contributed by atoms with Crippen molar-refractivity contribution in [2.75, 3.05) is 13.1 Å². The molecule has 5 heteroatoms. The number of fused-ring (bicyclic) bond motifs is 1. The minimum atomic E-state index is 0.296. The SMILES string of the molecule is Cc1ccc2c(c1)nc(-c1ccc(-c3cccc(Cl)c3)cc1)n2CC1CCN(C(=O)C2CC2)C1. The van der Waals surface area contributed by atoms with Crippen molar-refractivity contribution in [3.63, 3.8) is 0 Å². The lowest BCUT2D eigenvalue weighted by Gasteiger charge is -2.18. The molecule has 1 aliphatic heterocycles. The van der Waals surface area contributed by atoms with Crippen molar-refractivity contribution in [1.82, 2.24) is 14.5 Å². The molecule has 1 saturated heterocycles. The molecule has 1 amide bonds. The predicted octanol–water partition coefficient (Wildman–Crippen LogP) is 6.59. The maximum atomic E-state index is 12.6. The van der Waals surface area contributed by atoms with Crippen LogP contribution in [-0.2, 0) is 11.3 Å². The maximum Gasteiger partial charge on any atom is 0.225 e. The maximum absolute atomic E-state index is 12.6. The van der Waals surface area contributed by atoms with Crippen LogP contribution in [0.25, 0.3) is 33.5 Å². The molecule has 1 unspecified atom stereocenters. The number of nitrogens with zero attached hydrogens (tertiary/aromatic N) is 3. The van der Waals surface area contributed by atoms with Crippen LogP contribution in [0, 0.1) is 18.8 Å². The molecular formula is C29H28ClN3O. The van der Waals surface area contributed by atoms with Gasteiger partial charge in [-0.3, -0.25) is 4.79 Å². The molecule has 172 valence electrons. The van der Waals surface area contributed by atoms with E-state index in [0.29, 0.717) is 17.7 Å². The third-order valence-corrected chi connectivity index (χ3v) is 7.40. The number of carbonyl (C=O) groups excluding carboxylic acids is 1. The molecule has 34 heavy (non-hydrogen) atoms. The van der Waals surface area contributed by atoms with Crippen LogP contribution in [0.2, 0.25) is 5.02 Å². The molecule has 1 aromatic heterocycles. The molecule has 2 heterocycles. The predicted molar refractivity (Wildman–Crippen MR) is 138 cm³/mol. The highest BCUT2D eigenvalue weighted by atomic mass is 35.5. The standard InChI is InChI=1S/C29H28ClN3O/c1-19-5-12-27-26(15-19)31-28(22-8-6-21(7-9-22)24-3-2-4-25(30)16-24)33(27)18-20-13-14-32(17-20)29(34)23-10-11-23/h2-9,12,15-16,20,23H,10-11,13-14,17-18H2,1H3. The number of aryl methyl sites for hydroxylation is 1. The molecule has 2 fully saturated rings. The number of benzene rings is 3. The highest BCUT2D eigenvalue weighted by Crippen LogP contribution is 2.34. The third kappa shape index (κ3) is 4.12. The second-order valence-electron chi connectivity index (χ2n) is 9.84. The smallest absolute Gasteiger partial charge is 0.225 e. The highest BCUT2D eigenvalue weighted by Gasteiger charge is 2.36. The van der Waals surface area contributed by atoms with E-state index in [0.717, 1.165) is 77.5 Å². The number of aromatic nitrogens is 2. The minimum Gasteiger partial charge on any atom is -0.342 e. The Bertz CT molecular complexity index is 1370. The number of hydrogen-bond acceptors (Lipinski definition) is 2. The van der Waals surface area contributed by atoms with Crippen LogP contribution in [0.5, 0.6) is 0 Å². The summed E-state index contributed by atoms with van der Waals surface area (Å²) in [4.78, 5) is 19.7. The summed E-state index contributed by atoms with van der Waals surface area (Å²) in [5, 5.41) is 0.740. The Morgan fingerprint density at radius 3 is 2.53 bits per heavy atom. The van der Waals surface area contributed by atoms with Crippen LogP contribution in [0.1, 0.15) is 24.8 Å². The highest BCUT2D eigenvalue weighted by molar-refractivity contribution is 6.30. The molecule has 1 saturated carbocycles. The lowest BCUT2D eigenvalue weighted by molar-refractivity contribution is -0.131. The first-order valence-electron chi connectivity index (χ1n) is 12.2. The number of imidazole rings is 1. The molecule has 1 aliphatic carbocycles. The van der Waals surface area contributed by atoms with Crippen molar-refractivity contribution < 1.29 is 4.79 Å². The van der Waals surface area contributed by atoms with Crippen molar-refractivity contribution in [1.29, 1.82) is 0 Å². The van der Waals surface area contributed by atoms with Crippen molar-refractivity contribution in [3.8, 4) is 22.5 Å². The van der Waals surface area contributed by atoms with Gasteiger partial charge in [-0.25, -0.2) is 4.98 Å². The fraction of sp³-hybridized carbons (Fsp3) is 0.310. The Labute approximate surface area is 205 Å². The van der Waals surface area contributed by atoms with Gasteiger partial charge in [-0.05, 0) is 73.1 Å². The summed E-state index contributed by atoms with van der Waals surface area (Å²) >= 11 is 6.19. The summed E-state index contributed by atoms with van der Waals surface area (Å²) in [6.07, 6.45) is 3.19. The number of halogens is 1. The van der Waals surface area contributed by atoms with Gasteiger partial charge in [-0.1, -0.05) is 54.1 Å². The van der Waals surface area contributed by atoms with E-state index in [1.54, 1.807) is 0 Å². The van der Waals surface area contributed by atoms with Gasteiger partial charge in [0, 0.05) is 36.1 Å². The van der Waals surface area contributed by atoms with Gasteiger partial charge in [0.2, 0.25) is 5.91 Å².